The second-order valence-electron chi connectivity index (χ2n) is 3.48. The van der Waals surface area contributed by atoms with E-state index >= 15 is 0 Å². The average molecular weight is 248 g/mol. The summed E-state index contributed by atoms with van der Waals surface area (Å²) in [4.78, 5) is 18.5. The molecule has 0 unspecified atom stereocenters. The Labute approximate surface area is 104 Å². The van der Waals surface area contributed by atoms with Gasteiger partial charge in [-0.05, 0) is 12.1 Å². The minimum atomic E-state index is 0.525. The molecule has 0 radical (unpaired) electrons. The molecule has 0 spiro atoms. The van der Waals surface area contributed by atoms with E-state index in [2.05, 4.69) is 9.98 Å². The lowest BCUT2D eigenvalue weighted by Crippen LogP contribution is -2.08. The number of aliphatic imine (C=N–C) groups is 1. The van der Waals surface area contributed by atoms with Crippen LogP contribution in [0.1, 0.15) is 11.3 Å². The summed E-state index contributed by atoms with van der Waals surface area (Å²) in [5.41, 5.74) is 2.18. The lowest BCUT2D eigenvalue weighted by Gasteiger charge is -2.06. The van der Waals surface area contributed by atoms with Crippen LogP contribution in [0, 0.1) is 0 Å². The van der Waals surface area contributed by atoms with Crippen LogP contribution >= 0.6 is 11.6 Å². The van der Waals surface area contributed by atoms with Crippen molar-refractivity contribution in [3.8, 4) is 0 Å². The van der Waals surface area contributed by atoms with Crippen molar-refractivity contribution in [2.24, 2.45) is 12.0 Å². The van der Waals surface area contributed by atoms with Gasteiger partial charge in [-0.3, -0.25) is 4.79 Å². The maximum atomic E-state index is 10.6. The molecule has 2 rings (SSSR count). The Bertz CT molecular complexity index is 557. The molecule has 0 saturated carbocycles. The van der Waals surface area contributed by atoms with Gasteiger partial charge in [-0.1, -0.05) is 23.7 Å². The number of benzene rings is 1. The smallest absolute Gasteiger partial charge is 0.233 e. The van der Waals surface area contributed by atoms with E-state index in [0.29, 0.717) is 17.1 Å². The Morgan fingerprint density at radius 3 is 2.65 bits per heavy atom. The molecule has 0 aliphatic heterocycles. The standard InChI is InChI=1S/C12H10ClN3O/c1-16-7-14-6-11(16)12(15-8-17)9-2-4-10(13)5-3-9/h2-8H,1H3. The van der Waals surface area contributed by atoms with Crippen molar-refractivity contribution in [2.75, 3.05) is 0 Å². The lowest BCUT2D eigenvalue weighted by molar-refractivity contribution is -0.106. The van der Waals surface area contributed by atoms with Gasteiger partial charge in [-0.15, -0.1) is 0 Å². The molecule has 0 atom stereocenters. The maximum absolute atomic E-state index is 10.6. The van der Waals surface area contributed by atoms with Crippen LogP contribution in [0.2, 0.25) is 5.02 Å². The van der Waals surface area contributed by atoms with Crippen molar-refractivity contribution in [1.29, 1.82) is 0 Å². The second kappa shape index (κ2) is 4.93. The van der Waals surface area contributed by atoms with Gasteiger partial charge < -0.3 is 4.57 Å². The Morgan fingerprint density at radius 2 is 2.12 bits per heavy atom. The van der Waals surface area contributed by atoms with Gasteiger partial charge in [0.15, 0.2) is 0 Å². The molecule has 1 amide bonds. The molecule has 5 heteroatoms. The van der Waals surface area contributed by atoms with Crippen molar-refractivity contribution >= 4 is 23.7 Å². The molecule has 17 heavy (non-hydrogen) atoms. The van der Waals surface area contributed by atoms with Gasteiger partial charge >= 0.3 is 0 Å². The molecule has 2 aromatic rings. The van der Waals surface area contributed by atoms with Crippen molar-refractivity contribution in [1.82, 2.24) is 9.55 Å². The molecule has 1 heterocycles. The van der Waals surface area contributed by atoms with E-state index in [4.69, 9.17) is 11.6 Å². The van der Waals surface area contributed by atoms with Gasteiger partial charge in [0, 0.05) is 17.6 Å². The topological polar surface area (TPSA) is 47.2 Å². The fraction of sp³-hybridized carbons (Fsp3) is 0.0833. The minimum Gasteiger partial charge on any atom is -0.332 e. The van der Waals surface area contributed by atoms with E-state index in [9.17, 15) is 4.79 Å². The van der Waals surface area contributed by atoms with Gasteiger partial charge in [0.05, 0.1) is 23.9 Å². The third-order valence-corrected chi connectivity index (χ3v) is 2.61. The van der Waals surface area contributed by atoms with Crippen LogP contribution in [-0.4, -0.2) is 21.7 Å². The first-order valence-corrected chi connectivity index (χ1v) is 5.34. The number of carbonyl (C=O) groups excluding carboxylic acids is 1. The third kappa shape index (κ3) is 2.42. The van der Waals surface area contributed by atoms with Gasteiger partial charge in [-0.2, -0.15) is 0 Å². The molecule has 4 nitrogen and oxygen atoms in total. The van der Waals surface area contributed by atoms with E-state index in [1.807, 2.05) is 19.2 Å². The fourth-order valence-electron chi connectivity index (χ4n) is 1.53. The predicted molar refractivity (Wildman–Crippen MR) is 66.4 cm³/mol. The number of aromatic nitrogens is 2. The third-order valence-electron chi connectivity index (χ3n) is 2.36. The molecule has 0 bridgehead atoms. The van der Waals surface area contributed by atoms with Crippen LogP contribution in [-0.2, 0) is 11.8 Å². The molecule has 86 valence electrons. The van der Waals surface area contributed by atoms with Crippen LogP contribution in [0.3, 0.4) is 0 Å². The fourth-order valence-corrected chi connectivity index (χ4v) is 1.66. The Balaban J connectivity index is 2.51. The van der Waals surface area contributed by atoms with Crippen molar-refractivity contribution in [3.63, 3.8) is 0 Å². The molecule has 1 aromatic heterocycles. The quantitative estimate of drug-likeness (QED) is 0.616. The summed E-state index contributed by atoms with van der Waals surface area (Å²) >= 11 is 5.82. The first-order chi connectivity index (χ1) is 8.22. The minimum absolute atomic E-state index is 0.525. The van der Waals surface area contributed by atoms with Gasteiger partial charge in [0.25, 0.3) is 0 Å². The summed E-state index contributed by atoms with van der Waals surface area (Å²) in [6.45, 7) is 0. The number of imidazole rings is 1. The lowest BCUT2D eigenvalue weighted by atomic mass is 10.1. The molecule has 0 aliphatic rings. The molecule has 1 aromatic carbocycles. The van der Waals surface area contributed by atoms with Crippen LogP contribution < -0.4 is 0 Å². The molecular formula is C12H10ClN3O. The van der Waals surface area contributed by atoms with Gasteiger partial charge in [0.2, 0.25) is 6.41 Å². The zero-order chi connectivity index (χ0) is 12.3. The van der Waals surface area contributed by atoms with E-state index in [1.165, 1.54) is 0 Å². The van der Waals surface area contributed by atoms with Crippen LogP contribution in [0.4, 0.5) is 0 Å². The van der Waals surface area contributed by atoms with Gasteiger partial charge in [-0.25, -0.2) is 9.98 Å². The Hall–Kier alpha value is -1.94. The summed E-state index contributed by atoms with van der Waals surface area (Å²) in [6, 6.07) is 7.15. The zero-order valence-corrected chi connectivity index (χ0v) is 9.93. The number of halogens is 1. The van der Waals surface area contributed by atoms with Crippen LogP contribution in [0.5, 0.6) is 0 Å². The summed E-state index contributed by atoms with van der Waals surface area (Å²) in [5.74, 6) is 0. The highest BCUT2D eigenvalue weighted by atomic mass is 35.5. The first kappa shape index (κ1) is 11.5. The van der Waals surface area contributed by atoms with E-state index in [-0.39, 0.29) is 0 Å². The maximum Gasteiger partial charge on any atom is 0.233 e. The van der Waals surface area contributed by atoms with Crippen molar-refractivity contribution in [3.05, 3.63) is 53.1 Å². The van der Waals surface area contributed by atoms with Crippen LogP contribution in [0.15, 0.2) is 41.8 Å². The van der Waals surface area contributed by atoms with Crippen LogP contribution in [0.25, 0.3) is 0 Å². The molecular weight excluding hydrogens is 238 g/mol. The highest BCUT2D eigenvalue weighted by molar-refractivity contribution is 6.30. The average Bonchev–Trinajstić information content (AvgIpc) is 2.74. The zero-order valence-electron chi connectivity index (χ0n) is 9.17. The molecule has 0 N–H and O–H groups in total. The highest BCUT2D eigenvalue weighted by Gasteiger charge is 2.10. The van der Waals surface area contributed by atoms with E-state index in [0.717, 1.165) is 11.3 Å². The largest absolute Gasteiger partial charge is 0.332 e. The first-order valence-electron chi connectivity index (χ1n) is 4.96. The number of carbonyl (C=O) groups is 1. The summed E-state index contributed by atoms with van der Waals surface area (Å²) in [6.07, 6.45) is 3.85. The van der Waals surface area contributed by atoms with E-state index < -0.39 is 0 Å². The SMILES string of the molecule is Cn1cncc1C(=NC=O)c1ccc(Cl)cc1. The Morgan fingerprint density at radius 1 is 1.41 bits per heavy atom. The molecule has 0 aliphatic carbocycles. The van der Waals surface area contributed by atoms with Crippen molar-refractivity contribution < 1.29 is 4.79 Å². The van der Waals surface area contributed by atoms with E-state index in [1.54, 1.807) is 29.2 Å². The van der Waals surface area contributed by atoms with Gasteiger partial charge in [0.1, 0.15) is 0 Å². The van der Waals surface area contributed by atoms with Crippen molar-refractivity contribution in [2.45, 2.75) is 0 Å². The summed E-state index contributed by atoms with van der Waals surface area (Å²) in [5, 5.41) is 0.643. The molecule has 0 saturated heterocycles. The number of rotatable bonds is 3. The number of hydrogen-bond donors (Lipinski definition) is 0. The predicted octanol–water partition coefficient (Wildman–Crippen LogP) is 2.07. The number of aryl methyl sites for hydroxylation is 1. The Kier molecular flexibility index (Phi) is 3.35. The summed E-state index contributed by atoms with van der Waals surface area (Å²) < 4.78 is 1.80. The monoisotopic (exact) mass is 247 g/mol. The number of nitrogens with zero attached hydrogens (tertiary/aromatic N) is 3. The normalized spacial score (nSPS) is 11.5. The number of hydrogen-bond acceptors (Lipinski definition) is 2. The highest BCUT2D eigenvalue weighted by Crippen LogP contribution is 2.14. The molecule has 0 fully saturated rings. The number of amides is 1. The summed E-state index contributed by atoms with van der Waals surface area (Å²) in [7, 11) is 1.85. The second-order valence-corrected chi connectivity index (χ2v) is 3.92.